The maximum atomic E-state index is 11.7. The van der Waals surface area contributed by atoms with Crippen LogP contribution in [0.2, 0.25) is 5.02 Å². The largest absolute Gasteiger partial charge is 0.481 e. The molecule has 0 spiro atoms. The summed E-state index contributed by atoms with van der Waals surface area (Å²) in [7, 11) is 0. The average molecular weight is 548 g/mol. The zero-order chi connectivity index (χ0) is 27.0. The van der Waals surface area contributed by atoms with Crippen molar-refractivity contribution in [1.29, 1.82) is 0 Å². The molecule has 4 aromatic rings. The topological polar surface area (TPSA) is 64.6 Å². The molecule has 0 amide bonds. The molecule has 0 fully saturated rings. The molecule has 0 radical (unpaired) electrons. The summed E-state index contributed by atoms with van der Waals surface area (Å²) in [6.45, 7) is 9.94. The Morgan fingerprint density at radius 3 is 2.37 bits per heavy atom. The van der Waals surface area contributed by atoms with E-state index in [1.165, 1.54) is 15.6 Å². The second-order valence-corrected chi connectivity index (χ2v) is 12.1. The molecule has 1 unspecified atom stereocenters. The van der Waals surface area contributed by atoms with Gasteiger partial charge in [-0.2, -0.15) is 0 Å². The molecule has 1 atom stereocenters. The van der Waals surface area contributed by atoms with E-state index in [0.717, 1.165) is 38.8 Å². The Bertz CT molecular complexity index is 1450. The van der Waals surface area contributed by atoms with Crippen LogP contribution in [0, 0.1) is 0 Å². The molecule has 7 heteroatoms. The van der Waals surface area contributed by atoms with Gasteiger partial charge in [0.2, 0.25) is 0 Å². The van der Waals surface area contributed by atoms with Crippen LogP contribution in [0.15, 0.2) is 60.0 Å². The van der Waals surface area contributed by atoms with Gasteiger partial charge in [0.05, 0.1) is 6.42 Å². The van der Waals surface area contributed by atoms with Gasteiger partial charge < -0.3 is 20.6 Å². The number of carboxylic acid groups (broad SMARTS) is 1. The quantitative estimate of drug-likeness (QED) is 0.196. The van der Waals surface area contributed by atoms with Crippen LogP contribution in [0.3, 0.4) is 0 Å². The van der Waals surface area contributed by atoms with Gasteiger partial charge in [-0.05, 0) is 103 Å². The van der Waals surface area contributed by atoms with Crippen molar-refractivity contribution in [2.45, 2.75) is 58.7 Å². The van der Waals surface area contributed by atoms with E-state index in [1.54, 1.807) is 11.3 Å². The number of nitrogens with one attached hydrogen (secondary N) is 2. The van der Waals surface area contributed by atoms with Crippen molar-refractivity contribution in [3.05, 3.63) is 76.1 Å². The molecule has 0 bridgehead atoms. The van der Waals surface area contributed by atoms with Crippen LogP contribution in [-0.4, -0.2) is 29.7 Å². The normalized spacial score (nSPS) is 14.9. The SMILES string of the molecule is CC(C)Nc1cc(NC(C)C)cc(-c2ccc3c(c2)N(Cc2csc4ccc(Cl)cc24)CC3CC(=O)O)c1. The third-order valence-electron chi connectivity index (χ3n) is 6.83. The molecule has 0 aliphatic carbocycles. The van der Waals surface area contributed by atoms with Crippen molar-refractivity contribution in [2.75, 3.05) is 22.1 Å². The number of benzene rings is 3. The molecule has 0 saturated carbocycles. The van der Waals surface area contributed by atoms with Crippen molar-refractivity contribution >= 4 is 56.1 Å². The summed E-state index contributed by atoms with van der Waals surface area (Å²) in [5.41, 5.74) is 7.80. The van der Waals surface area contributed by atoms with Crippen LogP contribution < -0.4 is 15.5 Å². The zero-order valence-corrected chi connectivity index (χ0v) is 23.8. The predicted octanol–water partition coefficient (Wildman–Crippen LogP) is 8.44. The Balaban J connectivity index is 1.54. The first-order valence-corrected chi connectivity index (χ1v) is 14.4. The van der Waals surface area contributed by atoms with Gasteiger partial charge in [-0.25, -0.2) is 0 Å². The van der Waals surface area contributed by atoms with E-state index in [4.69, 9.17) is 11.6 Å². The summed E-state index contributed by atoms with van der Waals surface area (Å²) >= 11 is 8.04. The average Bonchev–Trinajstić information content (AvgIpc) is 3.38. The number of anilines is 3. The fourth-order valence-corrected chi connectivity index (χ4v) is 6.46. The minimum atomic E-state index is -0.767. The van der Waals surface area contributed by atoms with Gasteiger partial charge in [-0.15, -0.1) is 11.3 Å². The van der Waals surface area contributed by atoms with E-state index in [1.807, 2.05) is 12.1 Å². The van der Waals surface area contributed by atoms with E-state index in [-0.39, 0.29) is 12.3 Å². The third kappa shape index (κ3) is 5.77. The number of carbonyl (C=O) groups is 1. The van der Waals surface area contributed by atoms with Gasteiger partial charge in [-0.1, -0.05) is 23.7 Å². The zero-order valence-electron chi connectivity index (χ0n) is 22.2. The predicted molar refractivity (Wildman–Crippen MR) is 162 cm³/mol. The van der Waals surface area contributed by atoms with Crippen LogP contribution in [0.5, 0.6) is 0 Å². The highest BCUT2D eigenvalue weighted by Crippen LogP contribution is 2.43. The lowest BCUT2D eigenvalue weighted by Crippen LogP contribution is -2.22. The lowest BCUT2D eigenvalue weighted by molar-refractivity contribution is -0.137. The second kappa shape index (κ2) is 10.9. The minimum absolute atomic E-state index is 0.0443. The number of rotatable bonds is 9. The molecule has 5 nitrogen and oxygen atoms in total. The number of nitrogens with zero attached hydrogens (tertiary/aromatic N) is 1. The summed E-state index contributed by atoms with van der Waals surface area (Å²) in [5.74, 6) is -0.811. The van der Waals surface area contributed by atoms with Crippen molar-refractivity contribution < 1.29 is 9.90 Å². The monoisotopic (exact) mass is 547 g/mol. The minimum Gasteiger partial charge on any atom is -0.481 e. The number of thiophene rings is 1. The van der Waals surface area contributed by atoms with Crippen LogP contribution in [-0.2, 0) is 11.3 Å². The van der Waals surface area contributed by atoms with Crippen molar-refractivity contribution in [3.63, 3.8) is 0 Å². The molecule has 1 aromatic heterocycles. The van der Waals surface area contributed by atoms with E-state index in [0.29, 0.717) is 25.2 Å². The van der Waals surface area contributed by atoms with Gasteiger partial charge >= 0.3 is 5.97 Å². The lowest BCUT2D eigenvalue weighted by Gasteiger charge is -2.21. The highest BCUT2D eigenvalue weighted by atomic mass is 35.5. The molecule has 3 N–H and O–H groups in total. The Hall–Kier alpha value is -3.22. The highest BCUT2D eigenvalue weighted by molar-refractivity contribution is 7.17. The van der Waals surface area contributed by atoms with Gasteiger partial charge in [0, 0.05) is 57.9 Å². The summed E-state index contributed by atoms with van der Waals surface area (Å²) in [5, 5.41) is 20.8. The molecule has 198 valence electrons. The molecule has 2 heterocycles. The highest BCUT2D eigenvalue weighted by Gasteiger charge is 2.31. The Morgan fingerprint density at radius 1 is 1.00 bits per heavy atom. The number of fused-ring (bicyclic) bond motifs is 2. The molecule has 5 rings (SSSR count). The van der Waals surface area contributed by atoms with Gasteiger partial charge in [-0.3, -0.25) is 4.79 Å². The molecule has 1 aliphatic heterocycles. The second-order valence-electron chi connectivity index (χ2n) is 10.7. The van der Waals surface area contributed by atoms with Gasteiger partial charge in [0.15, 0.2) is 0 Å². The van der Waals surface area contributed by atoms with Crippen molar-refractivity contribution in [1.82, 2.24) is 0 Å². The molecule has 1 aliphatic rings. The number of aliphatic carboxylic acids is 1. The molecular weight excluding hydrogens is 514 g/mol. The van der Waals surface area contributed by atoms with E-state index in [9.17, 15) is 9.90 Å². The van der Waals surface area contributed by atoms with E-state index >= 15 is 0 Å². The first-order chi connectivity index (χ1) is 18.2. The summed E-state index contributed by atoms with van der Waals surface area (Å²) in [4.78, 5) is 14.0. The van der Waals surface area contributed by atoms with Crippen molar-refractivity contribution in [3.8, 4) is 11.1 Å². The standard InChI is InChI=1S/C31H34ClN3O2S/c1-18(2)33-25-9-21(10-26(14-25)34-19(3)4)20-5-7-27-22(12-31(36)37)15-35(29(27)11-20)16-23-17-38-30-8-6-24(32)13-28(23)30/h5-11,13-14,17-19,22,33-34H,12,15-16H2,1-4H3,(H,36,37). The van der Waals surface area contributed by atoms with E-state index in [2.05, 4.69) is 91.1 Å². The van der Waals surface area contributed by atoms with Gasteiger partial charge in [0.25, 0.3) is 0 Å². The van der Waals surface area contributed by atoms with E-state index < -0.39 is 5.97 Å². The fourth-order valence-electron chi connectivity index (χ4n) is 5.35. The number of hydrogen-bond acceptors (Lipinski definition) is 5. The summed E-state index contributed by atoms with van der Waals surface area (Å²) in [6.07, 6.45) is 0.120. The maximum Gasteiger partial charge on any atom is 0.304 e. The van der Waals surface area contributed by atoms with Crippen LogP contribution in [0.25, 0.3) is 21.2 Å². The van der Waals surface area contributed by atoms with Gasteiger partial charge in [0.1, 0.15) is 0 Å². The third-order valence-corrected chi connectivity index (χ3v) is 8.07. The molecule has 0 saturated heterocycles. The molecular formula is C31H34ClN3O2S. The first-order valence-electron chi connectivity index (χ1n) is 13.1. The smallest absolute Gasteiger partial charge is 0.304 e. The fraction of sp³-hybridized carbons (Fsp3) is 0.323. The summed E-state index contributed by atoms with van der Waals surface area (Å²) in [6, 6.07) is 19.7. The molecule has 38 heavy (non-hydrogen) atoms. The van der Waals surface area contributed by atoms with Crippen LogP contribution >= 0.6 is 22.9 Å². The lowest BCUT2D eigenvalue weighted by atomic mass is 9.95. The Kier molecular flexibility index (Phi) is 7.55. The number of hydrogen-bond donors (Lipinski definition) is 3. The Labute approximate surface area is 233 Å². The van der Waals surface area contributed by atoms with Crippen LogP contribution in [0.1, 0.15) is 51.2 Å². The molecule has 3 aromatic carbocycles. The first kappa shape index (κ1) is 26.4. The van der Waals surface area contributed by atoms with Crippen LogP contribution in [0.4, 0.5) is 17.1 Å². The number of carboxylic acids is 1. The summed E-state index contributed by atoms with van der Waals surface area (Å²) < 4.78 is 1.21. The van der Waals surface area contributed by atoms with Crippen molar-refractivity contribution in [2.24, 2.45) is 0 Å². The Morgan fingerprint density at radius 2 is 1.71 bits per heavy atom. The number of halogens is 1. The maximum absolute atomic E-state index is 11.7.